The van der Waals surface area contributed by atoms with Crippen molar-refractivity contribution in [2.75, 3.05) is 11.6 Å². The molecule has 0 spiro atoms. The molecule has 0 aliphatic heterocycles. The third-order valence-corrected chi connectivity index (χ3v) is 6.26. The summed E-state index contributed by atoms with van der Waals surface area (Å²) < 4.78 is 24.3. The number of carboxylic acid groups (broad SMARTS) is 1. The lowest BCUT2D eigenvalue weighted by Crippen LogP contribution is -2.06. The second kappa shape index (κ2) is 8.05. The summed E-state index contributed by atoms with van der Waals surface area (Å²) in [7, 11) is -3.36. The minimum absolute atomic E-state index is 0.136. The number of carboxylic acids is 1. The van der Waals surface area contributed by atoms with Crippen LogP contribution >= 0.6 is 15.9 Å². The van der Waals surface area contributed by atoms with Crippen LogP contribution in [0.3, 0.4) is 0 Å². The summed E-state index contributed by atoms with van der Waals surface area (Å²) in [5.74, 6) is -1.02. The van der Waals surface area contributed by atoms with Gasteiger partial charge < -0.3 is 10.4 Å². The van der Waals surface area contributed by atoms with Crippen LogP contribution in [-0.2, 0) is 9.84 Å². The number of sulfone groups is 1. The number of carbonyl (C=O) groups is 1. The summed E-state index contributed by atoms with van der Waals surface area (Å²) >= 11 is 3.44. The zero-order valence-corrected chi connectivity index (χ0v) is 18.5. The van der Waals surface area contributed by atoms with Gasteiger partial charge in [0, 0.05) is 33.6 Å². The van der Waals surface area contributed by atoms with Crippen molar-refractivity contribution in [3.05, 3.63) is 71.0 Å². The summed E-state index contributed by atoms with van der Waals surface area (Å²) in [5.41, 5.74) is 1.67. The summed E-state index contributed by atoms with van der Waals surface area (Å²) in [6, 6.07) is 15.2. The monoisotopic (exact) mass is 498 g/mol. The molecule has 0 radical (unpaired) electrons. The quantitative estimate of drug-likeness (QED) is 0.417. The van der Waals surface area contributed by atoms with Gasteiger partial charge in [0.25, 0.3) is 0 Å². The van der Waals surface area contributed by atoms with Gasteiger partial charge in [0.05, 0.1) is 4.90 Å². The molecule has 0 aliphatic rings. The average molecular weight is 499 g/mol. The molecule has 2 aromatic carbocycles. The van der Waals surface area contributed by atoms with Gasteiger partial charge in [0.2, 0.25) is 5.95 Å². The van der Waals surface area contributed by atoms with Gasteiger partial charge in [0.1, 0.15) is 0 Å². The Labute approximate surface area is 186 Å². The Morgan fingerprint density at radius 3 is 2.52 bits per heavy atom. The van der Waals surface area contributed by atoms with Gasteiger partial charge in [-0.15, -0.1) is 0 Å². The van der Waals surface area contributed by atoms with Gasteiger partial charge in [-0.2, -0.15) is 4.98 Å². The first-order valence-corrected chi connectivity index (χ1v) is 11.6. The fourth-order valence-corrected chi connectivity index (χ4v) is 4.17. The Kier molecular flexibility index (Phi) is 5.42. The fraction of sp³-hybridized carbons (Fsp3) is 0.0476. The minimum Gasteiger partial charge on any atom is -0.476 e. The molecule has 4 rings (SSSR count). The van der Waals surface area contributed by atoms with E-state index in [4.69, 9.17) is 0 Å². The molecule has 2 aromatic heterocycles. The molecule has 0 saturated heterocycles. The maximum atomic E-state index is 11.9. The van der Waals surface area contributed by atoms with Crippen molar-refractivity contribution in [3.63, 3.8) is 0 Å². The Morgan fingerprint density at radius 2 is 1.81 bits per heavy atom. The smallest absolute Gasteiger partial charge is 0.355 e. The zero-order valence-electron chi connectivity index (χ0n) is 16.1. The number of nitrogens with one attached hydrogen (secondary N) is 1. The number of hydrogen-bond acceptors (Lipinski definition) is 7. The summed E-state index contributed by atoms with van der Waals surface area (Å²) in [5, 5.41) is 13.2. The number of halogens is 1. The number of fused-ring (bicyclic) bond motifs is 1. The van der Waals surface area contributed by atoms with Crippen LogP contribution in [-0.4, -0.2) is 40.7 Å². The van der Waals surface area contributed by atoms with Crippen molar-refractivity contribution >= 4 is 54.4 Å². The number of anilines is 2. The number of benzene rings is 2. The molecule has 4 aromatic rings. The molecular weight excluding hydrogens is 484 g/mol. The standard InChI is InChI=1S/C21H15BrN4O4S/c1-31(29,30)14-6-4-5-13(10-14)24-21-23-11-12-9-16(15-7-2-3-8-17(15)22)18(20(27)28)25-19(12)26-21/h2-11H,1H3,(H,27,28)(H,23,24,25,26). The van der Waals surface area contributed by atoms with E-state index in [1.54, 1.807) is 24.3 Å². The summed E-state index contributed by atoms with van der Waals surface area (Å²) in [6.45, 7) is 0. The normalized spacial score (nSPS) is 11.4. The van der Waals surface area contributed by atoms with Crippen molar-refractivity contribution < 1.29 is 18.3 Å². The predicted octanol–water partition coefficient (Wildman–Crippen LogP) is 4.30. The Balaban J connectivity index is 1.78. The molecule has 31 heavy (non-hydrogen) atoms. The third-order valence-electron chi connectivity index (χ3n) is 4.45. The van der Waals surface area contributed by atoms with E-state index in [-0.39, 0.29) is 22.2 Å². The van der Waals surface area contributed by atoms with E-state index in [2.05, 4.69) is 36.2 Å². The Hall–Kier alpha value is -3.37. The first-order valence-electron chi connectivity index (χ1n) is 8.95. The summed E-state index contributed by atoms with van der Waals surface area (Å²) in [6.07, 6.45) is 2.66. The van der Waals surface area contributed by atoms with Crippen LogP contribution in [0.4, 0.5) is 11.6 Å². The molecule has 0 unspecified atom stereocenters. The van der Waals surface area contributed by atoms with E-state index >= 15 is 0 Å². The molecule has 10 heteroatoms. The van der Waals surface area contributed by atoms with E-state index in [9.17, 15) is 18.3 Å². The second-order valence-corrected chi connectivity index (χ2v) is 9.57. The van der Waals surface area contributed by atoms with Crippen LogP contribution in [0, 0.1) is 0 Å². The number of aromatic nitrogens is 3. The average Bonchev–Trinajstić information content (AvgIpc) is 2.73. The highest BCUT2D eigenvalue weighted by Crippen LogP contribution is 2.32. The molecule has 0 amide bonds. The van der Waals surface area contributed by atoms with E-state index in [1.807, 2.05) is 18.2 Å². The van der Waals surface area contributed by atoms with Crippen LogP contribution in [0.1, 0.15) is 10.5 Å². The molecule has 8 nitrogen and oxygen atoms in total. The number of aromatic carboxylic acids is 1. The van der Waals surface area contributed by atoms with Crippen LogP contribution < -0.4 is 5.32 Å². The van der Waals surface area contributed by atoms with Gasteiger partial charge >= 0.3 is 5.97 Å². The summed E-state index contributed by atoms with van der Waals surface area (Å²) in [4.78, 5) is 24.8. The molecule has 2 heterocycles. The lowest BCUT2D eigenvalue weighted by Gasteiger charge is -2.11. The molecule has 0 atom stereocenters. The fourth-order valence-electron chi connectivity index (χ4n) is 3.01. The third kappa shape index (κ3) is 4.39. The molecule has 0 fully saturated rings. The van der Waals surface area contributed by atoms with Crippen molar-refractivity contribution in [3.8, 4) is 11.1 Å². The van der Waals surface area contributed by atoms with Gasteiger partial charge in [-0.25, -0.2) is 23.2 Å². The van der Waals surface area contributed by atoms with Crippen molar-refractivity contribution in [2.45, 2.75) is 4.90 Å². The highest BCUT2D eigenvalue weighted by molar-refractivity contribution is 9.10. The van der Waals surface area contributed by atoms with Crippen LogP contribution in [0.25, 0.3) is 22.2 Å². The van der Waals surface area contributed by atoms with Crippen LogP contribution in [0.15, 0.2) is 70.2 Å². The lowest BCUT2D eigenvalue weighted by atomic mass is 10.0. The Bertz CT molecular complexity index is 1440. The van der Waals surface area contributed by atoms with Gasteiger partial charge in [0.15, 0.2) is 21.2 Å². The molecule has 156 valence electrons. The number of hydrogen-bond donors (Lipinski definition) is 2. The predicted molar refractivity (Wildman–Crippen MR) is 120 cm³/mol. The number of rotatable bonds is 5. The largest absolute Gasteiger partial charge is 0.476 e. The zero-order chi connectivity index (χ0) is 22.2. The molecule has 2 N–H and O–H groups in total. The maximum Gasteiger partial charge on any atom is 0.355 e. The topological polar surface area (TPSA) is 122 Å². The van der Waals surface area contributed by atoms with E-state index < -0.39 is 15.8 Å². The van der Waals surface area contributed by atoms with Gasteiger partial charge in [-0.1, -0.05) is 40.2 Å². The van der Waals surface area contributed by atoms with Gasteiger partial charge in [-0.3, -0.25) is 0 Å². The van der Waals surface area contributed by atoms with Crippen molar-refractivity contribution in [2.24, 2.45) is 0 Å². The number of nitrogens with zero attached hydrogens (tertiary/aromatic N) is 3. The van der Waals surface area contributed by atoms with Crippen LogP contribution in [0.5, 0.6) is 0 Å². The Morgan fingerprint density at radius 1 is 1.03 bits per heavy atom. The van der Waals surface area contributed by atoms with Gasteiger partial charge in [-0.05, 0) is 35.9 Å². The highest BCUT2D eigenvalue weighted by atomic mass is 79.9. The van der Waals surface area contributed by atoms with Crippen molar-refractivity contribution in [1.29, 1.82) is 0 Å². The van der Waals surface area contributed by atoms with Crippen LogP contribution in [0.2, 0.25) is 0 Å². The van der Waals surface area contributed by atoms with E-state index in [0.717, 1.165) is 10.7 Å². The SMILES string of the molecule is CS(=O)(=O)c1cccc(Nc2ncc3cc(-c4ccccc4Br)c(C(=O)O)nc3n2)c1. The first-order chi connectivity index (χ1) is 14.7. The molecule has 0 aliphatic carbocycles. The molecule has 0 saturated carbocycles. The maximum absolute atomic E-state index is 11.9. The molecular formula is C21H15BrN4O4S. The number of pyridine rings is 1. The highest BCUT2D eigenvalue weighted by Gasteiger charge is 2.18. The lowest BCUT2D eigenvalue weighted by molar-refractivity contribution is 0.0691. The second-order valence-electron chi connectivity index (χ2n) is 6.70. The van der Waals surface area contributed by atoms with E-state index in [1.165, 1.54) is 18.3 Å². The van der Waals surface area contributed by atoms with E-state index in [0.29, 0.717) is 22.2 Å². The first kappa shape index (κ1) is 20.9. The molecule has 0 bridgehead atoms. The minimum atomic E-state index is -3.36. The van der Waals surface area contributed by atoms with Crippen molar-refractivity contribution in [1.82, 2.24) is 15.0 Å².